The van der Waals surface area contributed by atoms with Crippen molar-refractivity contribution >= 4 is 0 Å². The van der Waals surface area contributed by atoms with E-state index in [2.05, 4.69) is 4.90 Å². The second-order valence-electron chi connectivity index (χ2n) is 4.65. The predicted octanol–water partition coefficient (Wildman–Crippen LogP) is 0.979. The Hall–Kier alpha value is -0.120. The van der Waals surface area contributed by atoms with Crippen LogP contribution in [-0.4, -0.2) is 43.3 Å². The van der Waals surface area contributed by atoms with Gasteiger partial charge in [0.2, 0.25) is 0 Å². The third kappa shape index (κ3) is 2.94. The maximum absolute atomic E-state index is 5.95. The van der Waals surface area contributed by atoms with Crippen LogP contribution in [0.4, 0.5) is 0 Å². The molecule has 2 aliphatic rings. The van der Waals surface area contributed by atoms with Crippen LogP contribution in [0.1, 0.15) is 32.1 Å². The van der Waals surface area contributed by atoms with E-state index in [4.69, 9.17) is 10.5 Å². The van der Waals surface area contributed by atoms with E-state index in [0.29, 0.717) is 12.1 Å². The van der Waals surface area contributed by atoms with Gasteiger partial charge in [-0.3, -0.25) is 4.90 Å². The summed E-state index contributed by atoms with van der Waals surface area (Å²) in [7, 11) is 0. The topological polar surface area (TPSA) is 38.5 Å². The minimum absolute atomic E-state index is 0.396. The van der Waals surface area contributed by atoms with Crippen molar-refractivity contribution in [1.82, 2.24) is 4.90 Å². The Morgan fingerprint density at radius 1 is 1.21 bits per heavy atom. The average molecular weight is 198 g/mol. The van der Waals surface area contributed by atoms with Crippen molar-refractivity contribution in [3.63, 3.8) is 0 Å². The fraction of sp³-hybridized carbons (Fsp3) is 1.00. The van der Waals surface area contributed by atoms with Gasteiger partial charge in [0.1, 0.15) is 0 Å². The van der Waals surface area contributed by atoms with E-state index in [-0.39, 0.29) is 0 Å². The molecule has 0 aromatic carbocycles. The number of piperidine rings is 1. The van der Waals surface area contributed by atoms with Crippen molar-refractivity contribution in [3.8, 4) is 0 Å². The third-order valence-electron chi connectivity index (χ3n) is 3.28. The van der Waals surface area contributed by atoms with Gasteiger partial charge in [-0.25, -0.2) is 0 Å². The lowest BCUT2D eigenvalue weighted by Crippen LogP contribution is -2.46. The number of rotatable bonds is 2. The summed E-state index contributed by atoms with van der Waals surface area (Å²) in [4.78, 5) is 2.48. The molecule has 0 radical (unpaired) electrons. The third-order valence-corrected chi connectivity index (χ3v) is 3.28. The molecule has 2 atom stereocenters. The standard InChI is InChI=1S/C11H22N2O/c12-10-4-3-6-13(8-10)9-11-5-1-2-7-14-11/h10-11H,1-9,12H2. The second kappa shape index (κ2) is 5.10. The largest absolute Gasteiger partial charge is 0.377 e. The number of nitrogens with two attached hydrogens (primary N) is 1. The van der Waals surface area contributed by atoms with Gasteiger partial charge < -0.3 is 10.5 Å². The van der Waals surface area contributed by atoms with Crippen molar-refractivity contribution in [2.45, 2.75) is 44.2 Å². The highest BCUT2D eigenvalue weighted by Gasteiger charge is 2.21. The zero-order chi connectivity index (χ0) is 9.80. The molecule has 3 nitrogen and oxygen atoms in total. The molecule has 2 unspecified atom stereocenters. The molecule has 0 amide bonds. The van der Waals surface area contributed by atoms with Crippen molar-refractivity contribution in [1.29, 1.82) is 0 Å². The molecule has 0 saturated carbocycles. The Morgan fingerprint density at radius 3 is 2.86 bits per heavy atom. The normalized spacial score (nSPS) is 35.8. The van der Waals surface area contributed by atoms with Crippen LogP contribution in [0.2, 0.25) is 0 Å². The minimum atomic E-state index is 0.396. The highest BCUT2D eigenvalue weighted by Crippen LogP contribution is 2.16. The summed E-state index contributed by atoms with van der Waals surface area (Å²) in [6, 6.07) is 0.396. The molecular weight excluding hydrogens is 176 g/mol. The molecule has 2 heterocycles. The number of hydrogen-bond donors (Lipinski definition) is 1. The van der Waals surface area contributed by atoms with Gasteiger partial charge in [-0.2, -0.15) is 0 Å². The fourth-order valence-electron chi connectivity index (χ4n) is 2.50. The molecule has 0 spiro atoms. The van der Waals surface area contributed by atoms with Crippen molar-refractivity contribution in [2.75, 3.05) is 26.2 Å². The number of ether oxygens (including phenoxy) is 1. The lowest BCUT2D eigenvalue weighted by atomic mass is 10.0. The first-order valence-corrected chi connectivity index (χ1v) is 5.94. The Bertz CT molecular complexity index is 169. The first-order chi connectivity index (χ1) is 6.84. The molecule has 14 heavy (non-hydrogen) atoms. The van der Waals surface area contributed by atoms with Crippen LogP contribution in [0.25, 0.3) is 0 Å². The SMILES string of the molecule is NC1CCCN(CC2CCCCO2)C1. The predicted molar refractivity (Wildman–Crippen MR) is 57.2 cm³/mol. The van der Waals surface area contributed by atoms with Gasteiger partial charge in [0.25, 0.3) is 0 Å². The molecule has 2 aliphatic heterocycles. The number of likely N-dealkylation sites (tertiary alicyclic amines) is 1. The molecule has 0 bridgehead atoms. The molecule has 82 valence electrons. The van der Waals surface area contributed by atoms with Crippen LogP contribution in [0.5, 0.6) is 0 Å². The van der Waals surface area contributed by atoms with Crippen LogP contribution < -0.4 is 5.73 Å². The smallest absolute Gasteiger partial charge is 0.0702 e. The lowest BCUT2D eigenvalue weighted by molar-refractivity contribution is -0.00978. The lowest BCUT2D eigenvalue weighted by Gasteiger charge is -2.34. The molecule has 0 aliphatic carbocycles. The van der Waals surface area contributed by atoms with E-state index in [1.807, 2.05) is 0 Å². The molecule has 2 fully saturated rings. The van der Waals surface area contributed by atoms with Gasteiger partial charge in [-0.15, -0.1) is 0 Å². The Kier molecular flexibility index (Phi) is 3.79. The van der Waals surface area contributed by atoms with Crippen LogP contribution in [0.3, 0.4) is 0 Å². The molecular formula is C11H22N2O. The summed E-state index contributed by atoms with van der Waals surface area (Å²) in [6.07, 6.45) is 6.76. The van der Waals surface area contributed by atoms with Crippen LogP contribution in [-0.2, 0) is 4.74 Å². The van der Waals surface area contributed by atoms with E-state index < -0.39 is 0 Å². The summed E-state index contributed by atoms with van der Waals surface area (Å²) >= 11 is 0. The quantitative estimate of drug-likeness (QED) is 0.719. The summed E-state index contributed by atoms with van der Waals surface area (Å²) in [6.45, 7) is 4.35. The van der Waals surface area contributed by atoms with Gasteiger partial charge in [-0.1, -0.05) is 0 Å². The Morgan fingerprint density at radius 2 is 2.14 bits per heavy atom. The highest BCUT2D eigenvalue weighted by atomic mass is 16.5. The van der Waals surface area contributed by atoms with Crippen molar-refractivity contribution < 1.29 is 4.74 Å². The molecule has 2 rings (SSSR count). The Labute approximate surface area is 86.6 Å². The van der Waals surface area contributed by atoms with Crippen LogP contribution in [0, 0.1) is 0 Å². The maximum Gasteiger partial charge on any atom is 0.0702 e. The molecule has 0 aromatic heterocycles. The fourth-order valence-corrected chi connectivity index (χ4v) is 2.50. The number of hydrogen-bond acceptors (Lipinski definition) is 3. The Balaban J connectivity index is 1.72. The van der Waals surface area contributed by atoms with E-state index >= 15 is 0 Å². The maximum atomic E-state index is 5.95. The van der Waals surface area contributed by atoms with E-state index in [1.165, 1.54) is 38.6 Å². The van der Waals surface area contributed by atoms with Crippen LogP contribution >= 0.6 is 0 Å². The van der Waals surface area contributed by atoms with Gasteiger partial charge in [-0.05, 0) is 38.6 Å². The van der Waals surface area contributed by atoms with Gasteiger partial charge in [0, 0.05) is 25.7 Å². The van der Waals surface area contributed by atoms with E-state index in [1.54, 1.807) is 0 Å². The first-order valence-electron chi connectivity index (χ1n) is 5.94. The molecule has 3 heteroatoms. The van der Waals surface area contributed by atoms with Gasteiger partial charge in [0.05, 0.1) is 6.10 Å². The molecule has 2 N–H and O–H groups in total. The van der Waals surface area contributed by atoms with E-state index in [0.717, 1.165) is 19.7 Å². The first kappa shape index (κ1) is 10.4. The van der Waals surface area contributed by atoms with Crippen LogP contribution in [0.15, 0.2) is 0 Å². The molecule has 0 aromatic rings. The minimum Gasteiger partial charge on any atom is -0.377 e. The summed E-state index contributed by atoms with van der Waals surface area (Å²) in [5.74, 6) is 0. The van der Waals surface area contributed by atoms with Gasteiger partial charge >= 0.3 is 0 Å². The van der Waals surface area contributed by atoms with E-state index in [9.17, 15) is 0 Å². The highest BCUT2D eigenvalue weighted by molar-refractivity contribution is 4.78. The van der Waals surface area contributed by atoms with Crippen molar-refractivity contribution in [2.24, 2.45) is 5.73 Å². The monoisotopic (exact) mass is 198 g/mol. The van der Waals surface area contributed by atoms with Gasteiger partial charge in [0.15, 0.2) is 0 Å². The van der Waals surface area contributed by atoms with Crippen molar-refractivity contribution in [3.05, 3.63) is 0 Å². The average Bonchev–Trinajstić information content (AvgIpc) is 2.19. The number of nitrogens with zero attached hydrogens (tertiary/aromatic N) is 1. The molecule has 2 saturated heterocycles. The zero-order valence-corrected chi connectivity index (χ0v) is 8.95. The summed E-state index contributed by atoms with van der Waals surface area (Å²) in [5, 5.41) is 0. The summed E-state index contributed by atoms with van der Waals surface area (Å²) < 4.78 is 5.73. The summed E-state index contributed by atoms with van der Waals surface area (Å²) in [5.41, 5.74) is 5.95. The zero-order valence-electron chi connectivity index (χ0n) is 8.95. The second-order valence-corrected chi connectivity index (χ2v) is 4.65.